The Balaban J connectivity index is 1.62. The van der Waals surface area contributed by atoms with Crippen molar-refractivity contribution < 1.29 is 14.0 Å². The Morgan fingerprint density at radius 3 is 2.75 bits per heavy atom. The van der Waals surface area contributed by atoms with E-state index in [0.29, 0.717) is 22.8 Å². The minimum absolute atomic E-state index is 0.00521. The fraction of sp³-hybridized carbons (Fsp3) is 0.150. The first-order valence-corrected chi connectivity index (χ1v) is 9.69. The highest BCUT2D eigenvalue weighted by atomic mass is 35.5. The van der Waals surface area contributed by atoms with E-state index in [1.807, 2.05) is 29.6 Å². The van der Waals surface area contributed by atoms with Crippen LogP contribution in [0.15, 0.2) is 47.8 Å². The van der Waals surface area contributed by atoms with Gasteiger partial charge in [0.2, 0.25) is 11.8 Å². The van der Waals surface area contributed by atoms with Crippen LogP contribution in [0.5, 0.6) is 0 Å². The quantitative estimate of drug-likeness (QED) is 0.612. The van der Waals surface area contributed by atoms with Crippen molar-refractivity contribution in [2.75, 3.05) is 10.6 Å². The van der Waals surface area contributed by atoms with Crippen molar-refractivity contribution >= 4 is 46.1 Å². The molecule has 3 aromatic rings. The number of aromatic nitrogens is 1. The van der Waals surface area contributed by atoms with Gasteiger partial charge in [0.1, 0.15) is 5.82 Å². The summed E-state index contributed by atoms with van der Waals surface area (Å²) in [6, 6.07) is 11.5. The Labute approximate surface area is 170 Å². The lowest BCUT2D eigenvalue weighted by atomic mass is 10.2. The van der Waals surface area contributed by atoms with E-state index < -0.39 is 11.7 Å². The number of anilines is 2. The van der Waals surface area contributed by atoms with E-state index in [2.05, 4.69) is 15.6 Å². The predicted molar refractivity (Wildman–Crippen MR) is 109 cm³/mol. The van der Waals surface area contributed by atoms with Crippen molar-refractivity contribution in [3.63, 3.8) is 0 Å². The molecule has 1 aromatic heterocycles. The summed E-state index contributed by atoms with van der Waals surface area (Å²) < 4.78 is 13.9. The van der Waals surface area contributed by atoms with E-state index in [0.717, 1.165) is 10.6 Å². The van der Waals surface area contributed by atoms with E-state index >= 15 is 0 Å². The van der Waals surface area contributed by atoms with E-state index in [4.69, 9.17) is 11.6 Å². The molecule has 0 aliphatic rings. The van der Waals surface area contributed by atoms with Gasteiger partial charge in [-0.1, -0.05) is 23.7 Å². The molecule has 3 rings (SSSR count). The molecule has 2 amide bonds. The Morgan fingerprint density at radius 2 is 2.00 bits per heavy atom. The third-order valence-electron chi connectivity index (χ3n) is 3.75. The third-order valence-corrected chi connectivity index (χ3v) is 4.88. The third kappa shape index (κ3) is 5.61. The molecule has 0 aliphatic heterocycles. The number of rotatable bonds is 6. The SMILES string of the molecule is CC(=O)Nc1ccc(F)c(NC(=O)Cc2csc(Cc3cccc(Cl)c3)n2)c1. The highest BCUT2D eigenvalue weighted by Gasteiger charge is 2.12. The molecule has 0 fully saturated rings. The van der Waals surface area contributed by atoms with Crippen molar-refractivity contribution in [3.05, 3.63) is 74.9 Å². The minimum atomic E-state index is -0.581. The van der Waals surface area contributed by atoms with Crippen LogP contribution in [0.3, 0.4) is 0 Å². The summed E-state index contributed by atoms with van der Waals surface area (Å²) in [5.41, 5.74) is 2.06. The Morgan fingerprint density at radius 1 is 1.18 bits per heavy atom. The summed E-state index contributed by atoms with van der Waals surface area (Å²) in [4.78, 5) is 27.8. The van der Waals surface area contributed by atoms with Crippen LogP contribution >= 0.6 is 22.9 Å². The molecule has 0 saturated carbocycles. The molecule has 28 heavy (non-hydrogen) atoms. The number of halogens is 2. The predicted octanol–water partition coefficient (Wildman–Crippen LogP) is 4.67. The summed E-state index contributed by atoms with van der Waals surface area (Å²) in [5.74, 6) is -1.25. The van der Waals surface area contributed by atoms with Crippen molar-refractivity contribution in [1.29, 1.82) is 0 Å². The summed E-state index contributed by atoms with van der Waals surface area (Å²) >= 11 is 7.45. The number of amides is 2. The first kappa shape index (κ1) is 20.0. The number of benzene rings is 2. The lowest BCUT2D eigenvalue weighted by molar-refractivity contribution is -0.116. The topological polar surface area (TPSA) is 71.1 Å². The highest BCUT2D eigenvalue weighted by Crippen LogP contribution is 2.21. The maximum Gasteiger partial charge on any atom is 0.230 e. The average molecular weight is 418 g/mol. The lowest BCUT2D eigenvalue weighted by Gasteiger charge is -2.08. The lowest BCUT2D eigenvalue weighted by Crippen LogP contribution is -2.16. The van der Waals surface area contributed by atoms with Crippen LogP contribution in [-0.2, 0) is 22.4 Å². The van der Waals surface area contributed by atoms with Crippen molar-refractivity contribution in [2.24, 2.45) is 0 Å². The van der Waals surface area contributed by atoms with Gasteiger partial charge < -0.3 is 10.6 Å². The standard InChI is InChI=1S/C20H17ClFN3O2S/c1-12(26)23-15-5-6-17(22)18(9-15)25-19(27)10-16-11-28-20(24-16)8-13-3-2-4-14(21)7-13/h2-7,9,11H,8,10H2,1H3,(H,23,26)(H,25,27). The molecular formula is C20H17ClFN3O2S. The number of carbonyl (C=O) groups is 2. The summed E-state index contributed by atoms with van der Waals surface area (Å²) in [6.07, 6.45) is 0.649. The first-order valence-electron chi connectivity index (χ1n) is 8.44. The molecule has 144 valence electrons. The molecule has 1 heterocycles. The molecule has 0 atom stereocenters. The number of hydrogen-bond acceptors (Lipinski definition) is 4. The first-order chi connectivity index (χ1) is 13.4. The molecule has 8 heteroatoms. The van der Waals surface area contributed by atoms with E-state index in [9.17, 15) is 14.0 Å². The van der Waals surface area contributed by atoms with E-state index in [1.54, 1.807) is 0 Å². The molecule has 2 N–H and O–H groups in total. The van der Waals surface area contributed by atoms with Gasteiger partial charge in [-0.25, -0.2) is 9.37 Å². The second-order valence-electron chi connectivity index (χ2n) is 6.14. The van der Waals surface area contributed by atoms with Crippen molar-refractivity contribution in [1.82, 2.24) is 4.98 Å². The number of nitrogens with one attached hydrogen (secondary N) is 2. The molecule has 5 nitrogen and oxygen atoms in total. The van der Waals surface area contributed by atoms with Gasteiger partial charge in [0.25, 0.3) is 0 Å². The zero-order valence-electron chi connectivity index (χ0n) is 15.0. The molecule has 0 spiro atoms. The number of thiazole rings is 1. The molecule has 0 bridgehead atoms. The average Bonchev–Trinajstić information content (AvgIpc) is 3.04. The molecule has 0 unspecified atom stereocenters. The van der Waals surface area contributed by atoms with Gasteiger partial charge in [0.15, 0.2) is 0 Å². The van der Waals surface area contributed by atoms with E-state index in [-0.39, 0.29) is 18.0 Å². The number of carbonyl (C=O) groups excluding carboxylic acids is 2. The van der Waals surface area contributed by atoms with Gasteiger partial charge in [-0.05, 0) is 35.9 Å². The van der Waals surface area contributed by atoms with Gasteiger partial charge in [-0.15, -0.1) is 11.3 Å². The fourth-order valence-corrected chi connectivity index (χ4v) is 3.63. The largest absolute Gasteiger partial charge is 0.326 e. The van der Waals surface area contributed by atoms with Crippen LogP contribution in [0.1, 0.15) is 23.2 Å². The van der Waals surface area contributed by atoms with Crippen molar-refractivity contribution in [3.8, 4) is 0 Å². The van der Waals surface area contributed by atoms with Gasteiger partial charge in [0.05, 0.1) is 22.8 Å². The Hall–Kier alpha value is -2.77. The Kier molecular flexibility index (Phi) is 6.38. The van der Waals surface area contributed by atoms with Crippen LogP contribution in [0.4, 0.5) is 15.8 Å². The second kappa shape index (κ2) is 8.95. The zero-order valence-corrected chi connectivity index (χ0v) is 16.5. The molecule has 0 saturated heterocycles. The van der Waals surface area contributed by atoms with Gasteiger partial charge in [-0.2, -0.15) is 0 Å². The van der Waals surface area contributed by atoms with Crippen LogP contribution in [0.2, 0.25) is 5.02 Å². The fourth-order valence-electron chi connectivity index (χ4n) is 2.59. The molecule has 2 aromatic carbocycles. The second-order valence-corrected chi connectivity index (χ2v) is 7.52. The normalized spacial score (nSPS) is 10.5. The van der Waals surface area contributed by atoms with Crippen molar-refractivity contribution in [2.45, 2.75) is 19.8 Å². The minimum Gasteiger partial charge on any atom is -0.326 e. The summed E-state index contributed by atoms with van der Waals surface area (Å²) in [6.45, 7) is 1.35. The monoisotopic (exact) mass is 417 g/mol. The molecule has 0 aliphatic carbocycles. The van der Waals surface area contributed by atoms with Crippen LogP contribution in [0, 0.1) is 5.82 Å². The molecular weight excluding hydrogens is 401 g/mol. The van der Waals surface area contributed by atoms with E-state index in [1.165, 1.54) is 36.5 Å². The number of nitrogens with zero attached hydrogens (tertiary/aromatic N) is 1. The van der Waals surface area contributed by atoms with Crippen LogP contribution in [0.25, 0.3) is 0 Å². The van der Waals surface area contributed by atoms with Crippen LogP contribution in [-0.4, -0.2) is 16.8 Å². The van der Waals surface area contributed by atoms with Gasteiger partial charge in [0, 0.05) is 29.4 Å². The number of hydrogen-bond donors (Lipinski definition) is 2. The molecule has 0 radical (unpaired) electrons. The highest BCUT2D eigenvalue weighted by molar-refractivity contribution is 7.09. The summed E-state index contributed by atoms with van der Waals surface area (Å²) in [7, 11) is 0. The smallest absolute Gasteiger partial charge is 0.230 e. The maximum absolute atomic E-state index is 13.9. The van der Waals surface area contributed by atoms with Gasteiger partial charge >= 0.3 is 0 Å². The van der Waals surface area contributed by atoms with Gasteiger partial charge in [-0.3, -0.25) is 9.59 Å². The maximum atomic E-state index is 13.9. The Bertz CT molecular complexity index is 1020. The summed E-state index contributed by atoms with van der Waals surface area (Å²) in [5, 5.41) is 8.41. The van der Waals surface area contributed by atoms with Crippen LogP contribution < -0.4 is 10.6 Å². The zero-order chi connectivity index (χ0) is 20.1.